The minimum Gasteiger partial charge on any atom is -0.366 e. The monoisotopic (exact) mass is 263 g/mol. The molecule has 0 aromatic heterocycles. The van der Waals surface area contributed by atoms with Gasteiger partial charge in [0.25, 0.3) is 0 Å². The van der Waals surface area contributed by atoms with E-state index in [1.165, 1.54) is 0 Å². The molecule has 0 unspecified atom stereocenters. The molecule has 1 saturated heterocycles. The van der Waals surface area contributed by atoms with E-state index < -0.39 is 0 Å². The molecule has 106 valence electrons. The number of nitrogens with zero attached hydrogens (tertiary/aromatic N) is 1. The van der Waals surface area contributed by atoms with Gasteiger partial charge in [-0.25, -0.2) is 0 Å². The maximum Gasteiger partial charge on any atom is 0.225 e. The highest BCUT2D eigenvalue weighted by Crippen LogP contribution is 2.29. The topological polar surface area (TPSA) is 29.5 Å². The van der Waals surface area contributed by atoms with Gasteiger partial charge in [-0.05, 0) is 44.4 Å². The molecule has 3 nitrogen and oxygen atoms in total. The maximum absolute atomic E-state index is 12.4. The quantitative estimate of drug-likeness (QED) is 0.732. The van der Waals surface area contributed by atoms with Crippen molar-refractivity contribution in [2.24, 2.45) is 11.8 Å². The van der Waals surface area contributed by atoms with E-state index in [0.717, 1.165) is 57.5 Å². The van der Waals surface area contributed by atoms with Crippen molar-refractivity contribution >= 4 is 5.91 Å². The predicted octanol–water partition coefficient (Wildman–Crippen LogP) is 2.45. The number of terminal acetylenes is 1. The molecule has 19 heavy (non-hydrogen) atoms. The van der Waals surface area contributed by atoms with Gasteiger partial charge in [0, 0.05) is 19.0 Å². The van der Waals surface area contributed by atoms with E-state index in [1.54, 1.807) is 0 Å². The Morgan fingerprint density at radius 2 is 1.84 bits per heavy atom. The van der Waals surface area contributed by atoms with E-state index in [-0.39, 0.29) is 12.0 Å². The molecule has 1 aliphatic heterocycles. The highest BCUT2D eigenvalue weighted by molar-refractivity contribution is 5.79. The Hall–Kier alpha value is -1.01. The van der Waals surface area contributed by atoms with Crippen molar-refractivity contribution in [3.05, 3.63) is 0 Å². The Balaban J connectivity index is 1.75. The number of carbonyl (C=O) groups excluding carboxylic acids is 1. The summed E-state index contributed by atoms with van der Waals surface area (Å²) in [5.41, 5.74) is 0. The number of ether oxygens (including phenoxy) is 1. The molecule has 0 radical (unpaired) electrons. The van der Waals surface area contributed by atoms with Gasteiger partial charge in [0.05, 0.1) is 6.10 Å². The smallest absolute Gasteiger partial charge is 0.225 e. The molecule has 0 atom stereocenters. The van der Waals surface area contributed by atoms with Crippen LogP contribution in [0.3, 0.4) is 0 Å². The SMILES string of the molecule is C#CCOC1CCC(C(=O)N2CCC(C)CC2)CC1. The summed E-state index contributed by atoms with van der Waals surface area (Å²) in [6, 6.07) is 0. The number of carbonyl (C=O) groups is 1. The van der Waals surface area contributed by atoms with Gasteiger partial charge in [0.15, 0.2) is 0 Å². The van der Waals surface area contributed by atoms with Crippen molar-refractivity contribution in [1.82, 2.24) is 4.90 Å². The van der Waals surface area contributed by atoms with Crippen molar-refractivity contribution in [2.45, 2.75) is 51.6 Å². The van der Waals surface area contributed by atoms with E-state index in [0.29, 0.717) is 12.5 Å². The van der Waals surface area contributed by atoms with E-state index in [9.17, 15) is 4.79 Å². The van der Waals surface area contributed by atoms with Gasteiger partial charge in [-0.3, -0.25) is 4.79 Å². The first-order valence-electron chi connectivity index (χ1n) is 7.54. The molecule has 1 aliphatic carbocycles. The summed E-state index contributed by atoms with van der Waals surface area (Å²) < 4.78 is 5.56. The van der Waals surface area contributed by atoms with E-state index in [1.807, 2.05) is 0 Å². The molecule has 2 rings (SSSR count). The molecule has 0 spiro atoms. The number of amides is 1. The van der Waals surface area contributed by atoms with Crippen LogP contribution in [0.1, 0.15) is 45.4 Å². The summed E-state index contributed by atoms with van der Waals surface area (Å²) in [4.78, 5) is 14.5. The number of likely N-dealkylation sites (tertiary alicyclic amines) is 1. The fraction of sp³-hybridized carbons (Fsp3) is 0.812. The fourth-order valence-electron chi connectivity index (χ4n) is 3.13. The van der Waals surface area contributed by atoms with E-state index in [2.05, 4.69) is 17.7 Å². The number of piperidine rings is 1. The Kier molecular flexibility index (Phi) is 5.27. The molecular weight excluding hydrogens is 238 g/mol. The number of hydrogen-bond acceptors (Lipinski definition) is 2. The molecule has 2 fully saturated rings. The van der Waals surface area contributed by atoms with Crippen LogP contribution < -0.4 is 0 Å². The zero-order valence-corrected chi connectivity index (χ0v) is 11.9. The minimum absolute atomic E-state index is 0.221. The molecule has 0 N–H and O–H groups in total. The first-order valence-corrected chi connectivity index (χ1v) is 7.54. The maximum atomic E-state index is 12.4. The normalized spacial score (nSPS) is 28.9. The van der Waals surface area contributed by atoms with E-state index >= 15 is 0 Å². The largest absolute Gasteiger partial charge is 0.366 e. The van der Waals surface area contributed by atoms with Gasteiger partial charge in [-0.2, -0.15) is 0 Å². The highest BCUT2D eigenvalue weighted by atomic mass is 16.5. The lowest BCUT2D eigenvalue weighted by Crippen LogP contribution is -2.42. The van der Waals surface area contributed by atoms with Crippen LogP contribution in [-0.4, -0.2) is 36.6 Å². The van der Waals surface area contributed by atoms with Gasteiger partial charge >= 0.3 is 0 Å². The molecule has 1 saturated carbocycles. The van der Waals surface area contributed by atoms with Gasteiger partial charge < -0.3 is 9.64 Å². The second-order valence-electron chi connectivity index (χ2n) is 6.00. The summed E-state index contributed by atoms with van der Waals surface area (Å²) in [6.07, 6.45) is 11.6. The molecule has 0 aromatic rings. The summed E-state index contributed by atoms with van der Waals surface area (Å²) in [7, 11) is 0. The predicted molar refractivity (Wildman–Crippen MR) is 75.5 cm³/mol. The van der Waals surface area contributed by atoms with Crippen LogP contribution in [0, 0.1) is 24.2 Å². The summed E-state index contributed by atoms with van der Waals surface area (Å²) >= 11 is 0. The van der Waals surface area contributed by atoms with Gasteiger partial charge in [-0.1, -0.05) is 12.8 Å². The first-order chi connectivity index (χ1) is 9.20. The summed E-state index contributed by atoms with van der Waals surface area (Å²) in [5.74, 6) is 3.88. The Bertz CT molecular complexity index is 331. The Morgan fingerprint density at radius 3 is 2.42 bits per heavy atom. The van der Waals surface area contributed by atoms with Crippen LogP contribution in [0.15, 0.2) is 0 Å². The molecule has 0 bridgehead atoms. The lowest BCUT2D eigenvalue weighted by molar-refractivity contribution is -0.138. The molecule has 1 heterocycles. The van der Waals surface area contributed by atoms with Crippen molar-refractivity contribution in [3.63, 3.8) is 0 Å². The first kappa shape index (κ1) is 14.4. The number of rotatable bonds is 3. The lowest BCUT2D eigenvalue weighted by Gasteiger charge is -2.35. The summed E-state index contributed by atoms with van der Waals surface area (Å²) in [5, 5.41) is 0. The highest BCUT2D eigenvalue weighted by Gasteiger charge is 2.30. The molecular formula is C16H25NO2. The standard InChI is InChI=1S/C16H25NO2/c1-3-12-19-15-6-4-14(5-7-15)16(18)17-10-8-13(2)9-11-17/h1,13-15H,4-12H2,2H3. The van der Waals surface area contributed by atoms with Crippen LogP contribution in [0.25, 0.3) is 0 Å². The molecule has 2 aliphatic rings. The number of hydrogen-bond donors (Lipinski definition) is 0. The second-order valence-corrected chi connectivity index (χ2v) is 6.00. The van der Waals surface area contributed by atoms with Gasteiger partial charge in [-0.15, -0.1) is 6.42 Å². The average Bonchev–Trinajstić information content (AvgIpc) is 2.46. The zero-order valence-electron chi connectivity index (χ0n) is 11.9. The fourth-order valence-corrected chi connectivity index (χ4v) is 3.13. The minimum atomic E-state index is 0.221. The lowest BCUT2D eigenvalue weighted by atomic mass is 9.85. The van der Waals surface area contributed by atoms with Gasteiger partial charge in [0.1, 0.15) is 6.61 Å². The van der Waals surface area contributed by atoms with Crippen molar-refractivity contribution in [3.8, 4) is 12.3 Å². The van der Waals surface area contributed by atoms with Crippen molar-refractivity contribution in [1.29, 1.82) is 0 Å². The van der Waals surface area contributed by atoms with Crippen LogP contribution >= 0.6 is 0 Å². The zero-order chi connectivity index (χ0) is 13.7. The van der Waals surface area contributed by atoms with Crippen molar-refractivity contribution < 1.29 is 9.53 Å². The third-order valence-electron chi connectivity index (χ3n) is 4.52. The van der Waals surface area contributed by atoms with Crippen LogP contribution in [0.5, 0.6) is 0 Å². The third-order valence-corrected chi connectivity index (χ3v) is 4.52. The molecule has 0 aromatic carbocycles. The Labute approximate surface area is 116 Å². The molecule has 3 heteroatoms. The summed E-state index contributed by atoms with van der Waals surface area (Å²) in [6.45, 7) is 4.57. The van der Waals surface area contributed by atoms with Crippen LogP contribution in [-0.2, 0) is 9.53 Å². The molecule has 1 amide bonds. The van der Waals surface area contributed by atoms with Crippen LogP contribution in [0.2, 0.25) is 0 Å². The second kappa shape index (κ2) is 6.96. The van der Waals surface area contributed by atoms with E-state index in [4.69, 9.17) is 11.2 Å². The third kappa shape index (κ3) is 3.98. The van der Waals surface area contributed by atoms with Crippen LogP contribution in [0.4, 0.5) is 0 Å². The Morgan fingerprint density at radius 1 is 1.21 bits per heavy atom. The van der Waals surface area contributed by atoms with Crippen molar-refractivity contribution in [2.75, 3.05) is 19.7 Å². The average molecular weight is 263 g/mol. The van der Waals surface area contributed by atoms with Gasteiger partial charge in [0.2, 0.25) is 5.91 Å².